The van der Waals surface area contributed by atoms with Gasteiger partial charge in [-0.25, -0.2) is 9.78 Å². The van der Waals surface area contributed by atoms with Crippen molar-refractivity contribution in [3.8, 4) is 0 Å². The number of carboxylic acids is 1. The zero-order valence-corrected chi connectivity index (χ0v) is 14.2. The first-order valence-corrected chi connectivity index (χ1v) is 9.00. The summed E-state index contributed by atoms with van der Waals surface area (Å²) in [6.45, 7) is 0.528. The minimum Gasteiger partial charge on any atom is -0.478 e. The van der Waals surface area contributed by atoms with Gasteiger partial charge in [-0.05, 0) is 37.3 Å². The van der Waals surface area contributed by atoms with Crippen molar-refractivity contribution in [1.82, 2.24) is 10.3 Å². The number of carboxylic acid groups (broad SMARTS) is 1. The number of nitrogens with zero attached hydrogens (tertiary/aromatic N) is 1. The van der Waals surface area contributed by atoms with E-state index in [1.165, 1.54) is 29.5 Å². The maximum Gasteiger partial charge on any atom is 0.335 e. The number of rotatable bonds is 6. The number of hydrogen-bond donors (Lipinski definition) is 2. The summed E-state index contributed by atoms with van der Waals surface area (Å²) in [6, 6.07) is 6.60. The lowest BCUT2D eigenvalue weighted by Crippen LogP contribution is -2.27. The van der Waals surface area contributed by atoms with E-state index < -0.39 is 5.97 Å². The molecular formula is C18H20N2O3S. The molecule has 1 heterocycles. The first kappa shape index (κ1) is 16.6. The number of nitrogens with one attached hydrogen (secondary N) is 1. The van der Waals surface area contributed by atoms with Crippen LogP contribution >= 0.6 is 11.3 Å². The number of aromatic nitrogens is 1. The summed E-state index contributed by atoms with van der Waals surface area (Å²) in [5.74, 6) is -1.17. The quantitative estimate of drug-likeness (QED) is 0.844. The molecule has 126 valence electrons. The zero-order valence-electron chi connectivity index (χ0n) is 13.4. The van der Waals surface area contributed by atoms with Gasteiger partial charge >= 0.3 is 5.97 Å². The van der Waals surface area contributed by atoms with Crippen molar-refractivity contribution < 1.29 is 14.7 Å². The molecule has 1 aliphatic rings. The van der Waals surface area contributed by atoms with Crippen molar-refractivity contribution in [2.75, 3.05) is 6.54 Å². The normalized spacial score (nSPS) is 13.3. The van der Waals surface area contributed by atoms with Gasteiger partial charge in [0.25, 0.3) is 0 Å². The molecule has 0 atom stereocenters. The van der Waals surface area contributed by atoms with E-state index in [-0.39, 0.29) is 17.9 Å². The fraction of sp³-hybridized carbons (Fsp3) is 0.389. The summed E-state index contributed by atoms with van der Waals surface area (Å²) in [4.78, 5) is 29.3. The summed E-state index contributed by atoms with van der Waals surface area (Å²) >= 11 is 1.76. The Hall–Kier alpha value is -2.21. The van der Waals surface area contributed by atoms with Gasteiger partial charge in [0.2, 0.25) is 5.91 Å². The van der Waals surface area contributed by atoms with Gasteiger partial charge in [-0.3, -0.25) is 4.79 Å². The lowest BCUT2D eigenvalue weighted by Gasteiger charge is -2.07. The van der Waals surface area contributed by atoms with Gasteiger partial charge in [0.15, 0.2) is 0 Å². The molecule has 24 heavy (non-hydrogen) atoms. The Morgan fingerprint density at radius 3 is 2.79 bits per heavy atom. The molecule has 0 aliphatic heterocycles. The highest BCUT2D eigenvalue weighted by molar-refractivity contribution is 7.11. The van der Waals surface area contributed by atoms with E-state index in [4.69, 9.17) is 5.11 Å². The lowest BCUT2D eigenvalue weighted by molar-refractivity contribution is -0.120. The van der Waals surface area contributed by atoms with Crippen LogP contribution in [0.5, 0.6) is 0 Å². The Morgan fingerprint density at radius 2 is 2.00 bits per heavy atom. The first-order chi connectivity index (χ1) is 11.6. The van der Waals surface area contributed by atoms with Crippen molar-refractivity contribution in [2.45, 2.75) is 38.5 Å². The second-order valence-corrected chi connectivity index (χ2v) is 7.09. The molecule has 0 spiro atoms. The number of carbonyl (C=O) groups is 2. The average Bonchev–Trinajstić information content (AvgIpc) is 2.97. The Labute approximate surface area is 144 Å². The van der Waals surface area contributed by atoms with E-state index in [0.29, 0.717) is 12.1 Å². The van der Waals surface area contributed by atoms with Crippen LogP contribution in [0.4, 0.5) is 0 Å². The molecule has 0 bridgehead atoms. The maximum atomic E-state index is 12.1. The van der Waals surface area contributed by atoms with Gasteiger partial charge < -0.3 is 10.4 Å². The third-order valence-corrected chi connectivity index (χ3v) is 5.37. The van der Waals surface area contributed by atoms with Crippen LogP contribution in [-0.4, -0.2) is 28.5 Å². The van der Waals surface area contributed by atoms with Crippen LogP contribution in [-0.2, 0) is 30.5 Å². The van der Waals surface area contributed by atoms with Crippen LogP contribution in [0.1, 0.15) is 44.3 Å². The minimum absolute atomic E-state index is 0.0802. The van der Waals surface area contributed by atoms with E-state index in [9.17, 15) is 9.59 Å². The molecule has 0 fully saturated rings. The molecule has 0 unspecified atom stereocenters. The van der Waals surface area contributed by atoms with Crippen LogP contribution < -0.4 is 5.32 Å². The fourth-order valence-corrected chi connectivity index (χ4v) is 4.10. The molecular weight excluding hydrogens is 324 g/mol. The molecule has 3 rings (SSSR count). The predicted molar refractivity (Wildman–Crippen MR) is 92.6 cm³/mol. The number of hydrogen-bond acceptors (Lipinski definition) is 4. The van der Waals surface area contributed by atoms with Crippen molar-refractivity contribution in [1.29, 1.82) is 0 Å². The van der Waals surface area contributed by atoms with Crippen molar-refractivity contribution in [2.24, 2.45) is 0 Å². The number of aromatic carboxylic acids is 1. The van der Waals surface area contributed by atoms with Crippen LogP contribution in [0, 0.1) is 0 Å². The third-order valence-electron chi connectivity index (χ3n) is 4.15. The molecule has 1 aliphatic carbocycles. The summed E-state index contributed by atoms with van der Waals surface area (Å²) in [5, 5.41) is 13.1. The molecule has 2 aromatic rings. The lowest BCUT2D eigenvalue weighted by atomic mass is 10.0. The van der Waals surface area contributed by atoms with Crippen LogP contribution in [0.2, 0.25) is 0 Å². The van der Waals surface area contributed by atoms with E-state index in [1.807, 2.05) is 0 Å². The fourth-order valence-electron chi connectivity index (χ4n) is 2.94. The first-order valence-electron chi connectivity index (χ1n) is 8.19. The van der Waals surface area contributed by atoms with Crippen molar-refractivity contribution >= 4 is 23.2 Å². The topological polar surface area (TPSA) is 79.3 Å². The van der Waals surface area contributed by atoms with E-state index in [0.717, 1.165) is 24.3 Å². The number of fused-ring (bicyclic) bond motifs is 1. The Bertz CT molecular complexity index is 731. The molecule has 6 heteroatoms. The molecule has 1 aromatic heterocycles. The Morgan fingerprint density at radius 1 is 1.21 bits per heavy atom. The summed E-state index contributed by atoms with van der Waals surface area (Å²) in [7, 11) is 0. The molecule has 0 saturated heterocycles. The third kappa shape index (κ3) is 4.00. The average molecular weight is 344 g/mol. The summed E-state index contributed by atoms with van der Waals surface area (Å²) in [5.41, 5.74) is 1.95. The van der Waals surface area contributed by atoms with Gasteiger partial charge in [0, 0.05) is 17.8 Å². The molecule has 1 amide bonds. The number of carbonyl (C=O) groups excluding carboxylic acids is 1. The smallest absolute Gasteiger partial charge is 0.335 e. The van der Waals surface area contributed by atoms with Gasteiger partial charge in [-0.2, -0.15) is 0 Å². The zero-order chi connectivity index (χ0) is 16.9. The minimum atomic E-state index is -1.01. The van der Waals surface area contributed by atoms with Gasteiger partial charge in [-0.1, -0.05) is 18.2 Å². The highest BCUT2D eigenvalue weighted by atomic mass is 32.1. The van der Waals surface area contributed by atoms with Crippen LogP contribution in [0.3, 0.4) is 0 Å². The van der Waals surface area contributed by atoms with E-state index >= 15 is 0 Å². The number of thiazole rings is 1. The second-order valence-electron chi connectivity index (χ2n) is 5.92. The largest absolute Gasteiger partial charge is 0.478 e. The molecule has 2 N–H and O–H groups in total. The van der Waals surface area contributed by atoms with E-state index in [2.05, 4.69) is 10.3 Å². The van der Waals surface area contributed by atoms with Gasteiger partial charge in [0.05, 0.1) is 22.7 Å². The molecule has 5 nitrogen and oxygen atoms in total. The number of aryl methyl sites for hydroxylation is 2. The van der Waals surface area contributed by atoms with Gasteiger partial charge in [-0.15, -0.1) is 11.3 Å². The Balaban J connectivity index is 1.51. The summed E-state index contributed by atoms with van der Waals surface area (Å²) in [6.07, 6.45) is 5.47. The van der Waals surface area contributed by atoms with Crippen molar-refractivity contribution in [3.05, 3.63) is 51.0 Å². The highest BCUT2D eigenvalue weighted by Crippen LogP contribution is 2.26. The maximum absolute atomic E-state index is 12.1. The van der Waals surface area contributed by atoms with E-state index in [1.54, 1.807) is 29.5 Å². The number of amides is 1. The molecule has 0 saturated carbocycles. The van der Waals surface area contributed by atoms with Crippen LogP contribution in [0.25, 0.3) is 0 Å². The monoisotopic (exact) mass is 344 g/mol. The number of benzene rings is 1. The van der Waals surface area contributed by atoms with Gasteiger partial charge in [0.1, 0.15) is 0 Å². The van der Waals surface area contributed by atoms with Crippen molar-refractivity contribution in [3.63, 3.8) is 0 Å². The highest BCUT2D eigenvalue weighted by Gasteiger charge is 2.15. The second kappa shape index (κ2) is 7.57. The summed E-state index contributed by atoms with van der Waals surface area (Å²) < 4.78 is 0. The standard InChI is InChI=1S/C18H20N2O3S/c21-16(11-12-5-1-2-6-13(12)18(22)23)19-10-9-17-20-14-7-3-4-8-15(14)24-17/h1-2,5-6H,3-4,7-11H2,(H,19,21)(H,22,23). The molecule has 0 radical (unpaired) electrons. The SMILES string of the molecule is O=C(Cc1ccccc1C(=O)O)NCCc1nc2c(s1)CCCC2. The van der Waals surface area contributed by atoms with Crippen LogP contribution in [0.15, 0.2) is 24.3 Å². The predicted octanol–water partition coefficient (Wildman–Crippen LogP) is 2.62. The molecule has 1 aromatic carbocycles. The Kier molecular flexibility index (Phi) is 5.25.